The summed E-state index contributed by atoms with van der Waals surface area (Å²) < 4.78 is 65.3. The van der Waals surface area contributed by atoms with Gasteiger partial charge in [0, 0.05) is 37.6 Å². The number of aromatic amines is 1. The van der Waals surface area contributed by atoms with Crippen molar-refractivity contribution < 1.29 is 31.8 Å². The van der Waals surface area contributed by atoms with Crippen molar-refractivity contribution in [3.05, 3.63) is 52.2 Å². The predicted octanol–water partition coefficient (Wildman–Crippen LogP) is 4.63. The lowest BCUT2D eigenvalue weighted by Crippen LogP contribution is -2.44. The van der Waals surface area contributed by atoms with E-state index >= 15 is 0 Å². The molecule has 1 amide bonds. The van der Waals surface area contributed by atoms with Gasteiger partial charge in [-0.1, -0.05) is 0 Å². The van der Waals surface area contributed by atoms with Crippen LogP contribution >= 0.6 is 0 Å². The third-order valence-corrected chi connectivity index (χ3v) is 5.41. The fourth-order valence-electron chi connectivity index (χ4n) is 3.75. The summed E-state index contributed by atoms with van der Waals surface area (Å²) in [5.74, 6) is -1.24. The van der Waals surface area contributed by atoms with Gasteiger partial charge in [0.05, 0.1) is 17.5 Å². The maximum absolute atomic E-state index is 13.6. The van der Waals surface area contributed by atoms with E-state index < -0.39 is 34.8 Å². The van der Waals surface area contributed by atoms with Crippen molar-refractivity contribution in [2.75, 3.05) is 13.1 Å². The lowest BCUT2D eigenvalue weighted by molar-refractivity contribution is -0.139. The van der Waals surface area contributed by atoms with Gasteiger partial charge in [-0.3, -0.25) is 4.79 Å². The Labute approximate surface area is 197 Å². The second-order valence-corrected chi connectivity index (χ2v) is 9.29. The van der Waals surface area contributed by atoms with Crippen LogP contribution in [0.2, 0.25) is 0 Å². The summed E-state index contributed by atoms with van der Waals surface area (Å²) in [6.07, 6.45) is -3.12. The van der Waals surface area contributed by atoms with Crippen molar-refractivity contribution in [2.24, 2.45) is 0 Å². The zero-order valence-corrected chi connectivity index (χ0v) is 19.3. The number of nitrogens with one attached hydrogen (secondary N) is 1. The number of hydrogen-bond acceptors (Lipinski definition) is 5. The lowest BCUT2D eigenvalue weighted by atomic mass is 10.1. The van der Waals surface area contributed by atoms with Gasteiger partial charge in [0.1, 0.15) is 23.0 Å². The molecule has 1 saturated heterocycles. The van der Waals surface area contributed by atoms with Gasteiger partial charge in [0.25, 0.3) is 5.56 Å². The molecule has 3 aromatic rings. The van der Waals surface area contributed by atoms with Crippen LogP contribution in [0.15, 0.2) is 35.3 Å². The Hall–Kier alpha value is -3.57. The van der Waals surface area contributed by atoms with E-state index in [-0.39, 0.29) is 28.8 Å². The number of benzene rings is 1. The number of rotatable bonds is 3. The van der Waals surface area contributed by atoms with Gasteiger partial charge in [-0.15, -0.1) is 5.10 Å². The van der Waals surface area contributed by atoms with Gasteiger partial charge in [0.2, 0.25) is 5.88 Å². The van der Waals surface area contributed by atoms with Crippen molar-refractivity contribution in [3.63, 3.8) is 0 Å². The molecule has 0 saturated carbocycles. The highest BCUT2D eigenvalue weighted by molar-refractivity contribution is 5.68. The van der Waals surface area contributed by atoms with Crippen LogP contribution in [0.3, 0.4) is 0 Å². The molecular weight excluding hydrogens is 472 g/mol. The minimum Gasteiger partial charge on any atom is -0.473 e. The summed E-state index contributed by atoms with van der Waals surface area (Å²) in [6.45, 7) is 6.25. The molecule has 12 heteroatoms. The molecule has 0 atom stereocenters. The molecule has 0 radical (unpaired) electrons. The van der Waals surface area contributed by atoms with E-state index in [1.807, 2.05) is 0 Å². The van der Waals surface area contributed by atoms with Crippen LogP contribution in [-0.2, 0) is 10.9 Å². The number of carbonyl (C=O) groups is 1. The monoisotopic (exact) mass is 496 g/mol. The fraction of sp³-hybridized carbons (Fsp3) is 0.435. The zero-order chi connectivity index (χ0) is 25.5. The molecule has 1 aromatic carbocycles. The summed E-state index contributed by atoms with van der Waals surface area (Å²) in [6, 6.07) is 3.89. The first-order valence-electron chi connectivity index (χ1n) is 10.9. The number of fused-ring (bicyclic) bond motifs is 1. The number of nitrogens with zero attached hydrogens (tertiary/aromatic N) is 3. The first-order valence-corrected chi connectivity index (χ1v) is 10.9. The zero-order valence-electron chi connectivity index (χ0n) is 19.3. The molecule has 188 valence electrons. The van der Waals surface area contributed by atoms with E-state index in [1.54, 1.807) is 25.7 Å². The molecule has 1 aliphatic heterocycles. The van der Waals surface area contributed by atoms with E-state index in [0.717, 1.165) is 6.07 Å². The molecular formula is C23H24F4N4O4. The Kier molecular flexibility index (Phi) is 6.24. The summed E-state index contributed by atoms with van der Waals surface area (Å²) >= 11 is 0. The highest BCUT2D eigenvalue weighted by Crippen LogP contribution is 2.34. The van der Waals surface area contributed by atoms with E-state index in [9.17, 15) is 27.2 Å². The number of amides is 1. The Balaban J connectivity index is 1.49. The van der Waals surface area contributed by atoms with Gasteiger partial charge in [-0.2, -0.15) is 13.2 Å². The smallest absolute Gasteiger partial charge is 0.419 e. The third-order valence-electron chi connectivity index (χ3n) is 5.41. The Morgan fingerprint density at radius 2 is 1.83 bits per heavy atom. The average Bonchev–Trinajstić information content (AvgIpc) is 3.15. The number of hydrogen-bond donors (Lipinski definition) is 1. The molecule has 3 heterocycles. The topological polar surface area (TPSA) is 88.9 Å². The summed E-state index contributed by atoms with van der Waals surface area (Å²) in [7, 11) is 0. The van der Waals surface area contributed by atoms with Gasteiger partial charge in [0.15, 0.2) is 0 Å². The van der Waals surface area contributed by atoms with Crippen LogP contribution < -0.4 is 10.3 Å². The van der Waals surface area contributed by atoms with Gasteiger partial charge < -0.3 is 19.4 Å². The van der Waals surface area contributed by atoms with Gasteiger partial charge in [-0.25, -0.2) is 13.7 Å². The van der Waals surface area contributed by atoms with E-state index in [0.29, 0.717) is 38.1 Å². The van der Waals surface area contributed by atoms with Gasteiger partial charge in [-0.05, 0) is 39.0 Å². The van der Waals surface area contributed by atoms with Crippen LogP contribution in [-0.4, -0.2) is 50.4 Å². The number of carbonyl (C=O) groups excluding carboxylic acids is 1. The highest BCUT2D eigenvalue weighted by atomic mass is 19.4. The van der Waals surface area contributed by atoms with Crippen LogP contribution in [0.5, 0.6) is 5.88 Å². The number of likely N-dealkylation sites (tertiary alicyclic amines) is 1. The summed E-state index contributed by atoms with van der Waals surface area (Å²) in [4.78, 5) is 28.8. The molecule has 1 N–H and O–H groups in total. The van der Waals surface area contributed by atoms with Crippen molar-refractivity contribution in [3.8, 4) is 17.1 Å². The van der Waals surface area contributed by atoms with E-state index in [4.69, 9.17) is 9.47 Å². The third kappa shape index (κ3) is 5.57. The quantitative estimate of drug-likeness (QED) is 0.535. The SMILES string of the molecule is CC(C)(C)OC(=O)N1CCC(Oc2cc3c(=O)[nH]c(-c4ccc(F)c(C(F)(F)F)c4)cn3n2)CC1. The number of ether oxygens (including phenoxy) is 2. The Bertz CT molecular complexity index is 1300. The highest BCUT2D eigenvalue weighted by Gasteiger charge is 2.34. The van der Waals surface area contributed by atoms with Crippen molar-refractivity contribution in [2.45, 2.75) is 51.5 Å². The molecule has 2 aromatic heterocycles. The standard InChI is InChI=1S/C23H24F4N4O4/c1-22(2,3)35-21(33)30-8-6-14(7-9-30)34-19-11-18-20(32)28-17(12-31(18)29-19)13-4-5-16(24)15(10-13)23(25,26)27/h4-5,10-12,14H,6-9H2,1-3H3,(H,28,32). The number of alkyl halides is 3. The van der Waals surface area contributed by atoms with Crippen LogP contribution in [0, 0.1) is 5.82 Å². The molecule has 0 spiro atoms. The minimum absolute atomic E-state index is 0.0230. The van der Waals surface area contributed by atoms with E-state index in [2.05, 4.69) is 10.1 Å². The molecule has 1 aliphatic rings. The minimum atomic E-state index is -4.88. The molecule has 1 fully saturated rings. The molecule has 8 nitrogen and oxygen atoms in total. The Morgan fingerprint density at radius 1 is 1.14 bits per heavy atom. The second-order valence-electron chi connectivity index (χ2n) is 9.29. The number of halogens is 4. The number of piperidine rings is 1. The van der Waals surface area contributed by atoms with Crippen LogP contribution in [0.25, 0.3) is 16.8 Å². The largest absolute Gasteiger partial charge is 0.473 e. The predicted molar refractivity (Wildman–Crippen MR) is 118 cm³/mol. The summed E-state index contributed by atoms with van der Waals surface area (Å²) in [5, 5.41) is 4.22. The Morgan fingerprint density at radius 3 is 2.46 bits per heavy atom. The molecule has 0 unspecified atom stereocenters. The van der Waals surface area contributed by atoms with Crippen LogP contribution in [0.1, 0.15) is 39.2 Å². The van der Waals surface area contributed by atoms with E-state index in [1.165, 1.54) is 16.8 Å². The molecule has 4 rings (SSSR count). The maximum Gasteiger partial charge on any atom is 0.419 e. The normalized spacial score (nSPS) is 15.5. The average molecular weight is 496 g/mol. The maximum atomic E-state index is 13.6. The van der Waals surface area contributed by atoms with Crippen molar-refractivity contribution in [1.82, 2.24) is 19.5 Å². The van der Waals surface area contributed by atoms with Crippen LogP contribution in [0.4, 0.5) is 22.4 Å². The number of aromatic nitrogens is 3. The number of H-pyrrole nitrogens is 1. The fourth-order valence-corrected chi connectivity index (χ4v) is 3.75. The van der Waals surface area contributed by atoms with Crippen molar-refractivity contribution >= 4 is 11.6 Å². The molecule has 35 heavy (non-hydrogen) atoms. The summed E-state index contributed by atoms with van der Waals surface area (Å²) in [5.41, 5.74) is -2.47. The van der Waals surface area contributed by atoms with Crippen molar-refractivity contribution in [1.29, 1.82) is 0 Å². The van der Waals surface area contributed by atoms with Gasteiger partial charge >= 0.3 is 12.3 Å². The first kappa shape index (κ1) is 24.6. The lowest BCUT2D eigenvalue weighted by Gasteiger charge is -2.33. The first-order chi connectivity index (χ1) is 16.3. The molecule has 0 aliphatic carbocycles. The second kappa shape index (κ2) is 8.90. The molecule has 0 bridgehead atoms.